The van der Waals surface area contributed by atoms with Crippen LogP contribution in [0.4, 0.5) is 5.69 Å². The van der Waals surface area contributed by atoms with Gasteiger partial charge in [-0.1, -0.05) is 25.0 Å². The van der Waals surface area contributed by atoms with Crippen molar-refractivity contribution in [2.45, 2.75) is 37.8 Å². The van der Waals surface area contributed by atoms with Crippen LogP contribution < -0.4 is 5.73 Å². The zero-order valence-electron chi connectivity index (χ0n) is 10.5. The minimum atomic E-state index is -0.456. The molecule has 0 spiro atoms. The Balaban J connectivity index is 1.88. The average Bonchev–Trinajstić information content (AvgIpc) is 2.68. The molecule has 1 aliphatic carbocycles. The van der Waals surface area contributed by atoms with Crippen molar-refractivity contribution in [2.75, 3.05) is 19.3 Å². The fourth-order valence-corrected chi connectivity index (χ4v) is 2.68. The number of likely N-dealkylation sites (N-methyl/N-ethyl adjacent to an activating group) is 1. The van der Waals surface area contributed by atoms with Crippen LogP contribution in [0.3, 0.4) is 0 Å². The van der Waals surface area contributed by atoms with Gasteiger partial charge in [-0.3, -0.25) is 4.90 Å². The molecule has 0 radical (unpaired) electrons. The summed E-state index contributed by atoms with van der Waals surface area (Å²) < 4.78 is 0. The van der Waals surface area contributed by atoms with E-state index in [1.54, 1.807) is 0 Å². The number of nitrogens with zero attached hydrogens (tertiary/aromatic N) is 1. The predicted molar refractivity (Wildman–Crippen MR) is 70.6 cm³/mol. The standard InChI is InChI=1S/C14H22N2O/c1-16(11-14(17)8-2-3-9-14)10-12-4-6-13(15)7-5-12/h4-7,17H,2-3,8-11,15H2,1H3. The quantitative estimate of drug-likeness (QED) is 0.783. The minimum Gasteiger partial charge on any atom is -0.399 e. The summed E-state index contributed by atoms with van der Waals surface area (Å²) in [4.78, 5) is 2.19. The van der Waals surface area contributed by atoms with Gasteiger partial charge in [0.1, 0.15) is 0 Å². The molecule has 1 aromatic carbocycles. The number of rotatable bonds is 4. The Bertz CT molecular complexity index is 355. The van der Waals surface area contributed by atoms with E-state index in [-0.39, 0.29) is 0 Å². The molecule has 0 amide bonds. The molecule has 0 atom stereocenters. The van der Waals surface area contributed by atoms with Gasteiger partial charge in [0.05, 0.1) is 5.60 Å². The summed E-state index contributed by atoms with van der Waals surface area (Å²) in [6, 6.07) is 7.94. The number of hydrogen-bond donors (Lipinski definition) is 2. The normalized spacial score (nSPS) is 18.8. The highest BCUT2D eigenvalue weighted by atomic mass is 16.3. The molecule has 0 saturated heterocycles. The molecular weight excluding hydrogens is 212 g/mol. The minimum absolute atomic E-state index is 0.456. The van der Waals surface area contributed by atoms with E-state index in [0.29, 0.717) is 0 Å². The molecule has 0 unspecified atom stereocenters. The Kier molecular flexibility index (Phi) is 3.69. The second kappa shape index (κ2) is 5.07. The molecule has 0 aromatic heterocycles. The summed E-state index contributed by atoms with van der Waals surface area (Å²) >= 11 is 0. The van der Waals surface area contributed by atoms with Gasteiger partial charge in [-0.2, -0.15) is 0 Å². The zero-order chi connectivity index (χ0) is 12.3. The van der Waals surface area contributed by atoms with Crippen molar-refractivity contribution in [3.05, 3.63) is 29.8 Å². The predicted octanol–water partition coefficient (Wildman–Crippen LogP) is 2.01. The van der Waals surface area contributed by atoms with Crippen LogP contribution in [-0.4, -0.2) is 29.2 Å². The van der Waals surface area contributed by atoms with Crippen molar-refractivity contribution in [1.82, 2.24) is 4.90 Å². The maximum absolute atomic E-state index is 10.3. The van der Waals surface area contributed by atoms with E-state index >= 15 is 0 Å². The Hall–Kier alpha value is -1.06. The molecule has 0 heterocycles. The van der Waals surface area contributed by atoms with E-state index < -0.39 is 5.60 Å². The summed E-state index contributed by atoms with van der Waals surface area (Å²) in [7, 11) is 2.06. The summed E-state index contributed by atoms with van der Waals surface area (Å²) in [5.41, 5.74) is 7.24. The maximum Gasteiger partial charge on any atom is 0.0774 e. The monoisotopic (exact) mass is 234 g/mol. The van der Waals surface area contributed by atoms with Crippen molar-refractivity contribution < 1.29 is 5.11 Å². The van der Waals surface area contributed by atoms with Gasteiger partial charge in [0.25, 0.3) is 0 Å². The van der Waals surface area contributed by atoms with Crippen molar-refractivity contribution in [2.24, 2.45) is 0 Å². The Morgan fingerprint density at radius 1 is 1.24 bits per heavy atom. The van der Waals surface area contributed by atoms with Gasteiger partial charge in [-0.25, -0.2) is 0 Å². The van der Waals surface area contributed by atoms with Crippen LogP contribution in [0, 0.1) is 0 Å². The fraction of sp³-hybridized carbons (Fsp3) is 0.571. The molecule has 3 heteroatoms. The third kappa shape index (κ3) is 3.45. The molecular formula is C14H22N2O. The summed E-state index contributed by atoms with van der Waals surface area (Å²) in [6.07, 6.45) is 4.20. The number of benzene rings is 1. The maximum atomic E-state index is 10.3. The van der Waals surface area contributed by atoms with Crippen LogP contribution in [0.25, 0.3) is 0 Å². The molecule has 3 nitrogen and oxygen atoms in total. The third-order valence-electron chi connectivity index (χ3n) is 3.53. The topological polar surface area (TPSA) is 49.5 Å². The first-order chi connectivity index (χ1) is 8.07. The first kappa shape index (κ1) is 12.4. The van der Waals surface area contributed by atoms with Crippen molar-refractivity contribution in [1.29, 1.82) is 0 Å². The SMILES string of the molecule is CN(Cc1ccc(N)cc1)CC1(O)CCCC1. The highest BCUT2D eigenvalue weighted by Crippen LogP contribution is 2.30. The molecule has 1 aromatic rings. The second-order valence-electron chi connectivity index (χ2n) is 5.35. The number of anilines is 1. The molecule has 1 saturated carbocycles. The van der Waals surface area contributed by atoms with Crippen LogP contribution in [0.2, 0.25) is 0 Å². The molecule has 94 valence electrons. The van der Waals surface area contributed by atoms with Crippen LogP contribution in [0.15, 0.2) is 24.3 Å². The smallest absolute Gasteiger partial charge is 0.0774 e. The van der Waals surface area contributed by atoms with E-state index in [0.717, 1.165) is 44.5 Å². The van der Waals surface area contributed by atoms with Gasteiger partial charge in [-0.05, 0) is 37.6 Å². The van der Waals surface area contributed by atoms with E-state index in [1.807, 2.05) is 24.3 Å². The largest absolute Gasteiger partial charge is 0.399 e. The molecule has 0 aliphatic heterocycles. The van der Waals surface area contributed by atoms with Crippen LogP contribution in [0.5, 0.6) is 0 Å². The highest BCUT2D eigenvalue weighted by molar-refractivity contribution is 5.39. The molecule has 3 N–H and O–H groups in total. The molecule has 2 rings (SSSR count). The molecule has 17 heavy (non-hydrogen) atoms. The lowest BCUT2D eigenvalue weighted by molar-refractivity contribution is 0.0145. The summed E-state index contributed by atoms with van der Waals surface area (Å²) in [6.45, 7) is 1.62. The Labute approximate surface area is 103 Å². The fourth-order valence-electron chi connectivity index (χ4n) is 2.68. The third-order valence-corrected chi connectivity index (χ3v) is 3.53. The van der Waals surface area contributed by atoms with Gasteiger partial charge >= 0.3 is 0 Å². The van der Waals surface area contributed by atoms with Gasteiger partial charge in [0.15, 0.2) is 0 Å². The second-order valence-corrected chi connectivity index (χ2v) is 5.35. The number of aliphatic hydroxyl groups is 1. The first-order valence-electron chi connectivity index (χ1n) is 6.33. The Morgan fingerprint density at radius 2 is 1.82 bits per heavy atom. The van der Waals surface area contributed by atoms with Gasteiger partial charge in [0.2, 0.25) is 0 Å². The molecule has 0 bridgehead atoms. The van der Waals surface area contributed by atoms with E-state index in [1.165, 1.54) is 5.56 Å². The van der Waals surface area contributed by atoms with Crippen molar-refractivity contribution in [3.63, 3.8) is 0 Å². The van der Waals surface area contributed by atoms with Gasteiger partial charge in [-0.15, -0.1) is 0 Å². The molecule has 1 aliphatic rings. The lowest BCUT2D eigenvalue weighted by atomic mass is 10.0. The summed E-state index contributed by atoms with van der Waals surface area (Å²) in [5, 5.41) is 10.3. The zero-order valence-corrected chi connectivity index (χ0v) is 10.5. The van der Waals surface area contributed by atoms with E-state index in [2.05, 4.69) is 11.9 Å². The number of nitrogens with two attached hydrogens (primary N) is 1. The lowest BCUT2D eigenvalue weighted by Crippen LogP contribution is -2.38. The van der Waals surface area contributed by atoms with Gasteiger partial charge < -0.3 is 10.8 Å². The van der Waals surface area contributed by atoms with E-state index in [9.17, 15) is 5.11 Å². The number of hydrogen-bond acceptors (Lipinski definition) is 3. The summed E-state index contributed by atoms with van der Waals surface area (Å²) in [5.74, 6) is 0. The van der Waals surface area contributed by atoms with Gasteiger partial charge in [0, 0.05) is 18.8 Å². The van der Waals surface area contributed by atoms with E-state index in [4.69, 9.17) is 5.73 Å². The average molecular weight is 234 g/mol. The highest BCUT2D eigenvalue weighted by Gasteiger charge is 2.31. The molecule has 1 fully saturated rings. The lowest BCUT2D eigenvalue weighted by Gasteiger charge is -2.28. The van der Waals surface area contributed by atoms with Crippen LogP contribution in [0.1, 0.15) is 31.2 Å². The first-order valence-corrected chi connectivity index (χ1v) is 6.33. The van der Waals surface area contributed by atoms with Crippen molar-refractivity contribution in [3.8, 4) is 0 Å². The van der Waals surface area contributed by atoms with Crippen LogP contribution >= 0.6 is 0 Å². The Morgan fingerprint density at radius 3 is 2.41 bits per heavy atom. The van der Waals surface area contributed by atoms with Crippen molar-refractivity contribution >= 4 is 5.69 Å². The number of nitrogen functional groups attached to an aromatic ring is 1. The van der Waals surface area contributed by atoms with Crippen LogP contribution in [-0.2, 0) is 6.54 Å².